The Hall–Kier alpha value is -1.14. The van der Waals surface area contributed by atoms with Crippen molar-refractivity contribution in [2.24, 2.45) is 5.73 Å². The highest BCUT2D eigenvalue weighted by Gasteiger charge is 2.33. The number of piperidine rings is 1. The van der Waals surface area contributed by atoms with Crippen LogP contribution in [0.4, 0.5) is 0 Å². The van der Waals surface area contributed by atoms with Gasteiger partial charge in [-0.05, 0) is 45.7 Å². The van der Waals surface area contributed by atoms with Crippen LogP contribution >= 0.6 is 0 Å². The summed E-state index contributed by atoms with van der Waals surface area (Å²) < 4.78 is 0. The van der Waals surface area contributed by atoms with E-state index in [4.69, 9.17) is 5.73 Å². The zero-order valence-electron chi connectivity index (χ0n) is 12.3. The Morgan fingerprint density at radius 3 is 2.45 bits per heavy atom. The molecule has 1 atom stereocenters. The van der Waals surface area contributed by atoms with Crippen LogP contribution in [0.5, 0.6) is 0 Å². The average molecular weight is 282 g/mol. The standard InChI is InChI=1S/C14H26N4O2/c1-11(14(20)17-8-2-3-9-17)18(10-13(15)19)12-4-6-16-7-5-12/h11-12,16H,2-10H2,1H3,(H2,15,19). The number of amides is 2. The molecule has 2 heterocycles. The van der Waals surface area contributed by atoms with Crippen LogP contribution < -0.4 is 11.1 Å². The Morgan fingerprint density at radius 1 is 1.30 bits per heavy atom. The summed E-state index contributed by atoms with van der Waals surface area (Å²) in [5.74, 6) is -0.216. The van der Waals surface area contributed by atoms with Crippen LogP contribution in [-0.4, -0.2) is 66.4 Å². The highest BCUT2D eigenvalue weighted by molar-refractivity contribution is 5.83. The van der Waals surface area contributed by atoms with Crippen molar-refractivity contribution >= 4 is 11.8 Å². The average Bonchev–Trinajstić information content (AvgIpc) is 2.98. The molecule has 0 aromatic heterocycles. The monoisotopic (exact) mass is 282 g/mol. The quantitative estimate of drug-likeness (QED) is 0.715. The first kappa shape index (κ1) is 15.3. The highest BCUT2D eigenvalue weighted by Crippen LogP contribution is 2.18. The van der Waals surface area contributed by atoms with Gasteiger partial charge >= 0.3 is 0 Å². The van der Waals surface area contributed by atoms with Crippen LogP contribution in [0, 0.1) is 0 Å². The summed E-state index contributed by atoms with van der Waals surface area (Å²) in [5.41, 5.74) is 5.37. The number of carbonyl (C=O) groups is 2. The first-order chi connectivity index (χ1) is 9.59. The molecule has 20 heavy (non-hydrogen) atoms. The van der Waals surface area contributed by atoms with Crippen LogP contribution in [0.1, 0.15) is 32.6 Å². The van der Waals surface area contributed by atoms with Gasteiger partial charge < -0.3 is 16.0 Å². The predicted octanol–water partition coefficient (Wildman–Crippen LogP) is -0.463. The van der Waals surface area contributed by atoms with Crippen molar-refractivity contribution in [1.82, 2.24) is 15.1 Å². The third-order valence-corrected chi connectivity index (χ3v) is 4.39. The van der Waals surface area contributed by atoms with E-state index in [0.717, 1.165) is 51.9 Å². The van der Waals surface area contributed by atoms with Crippen LogP contribution in [0.25, 0.3) is 0 Å². The summed E-state index contributed by atoms with van der Waals surface area (Å²) >= 11 is 0. The van der Waals surface area contributed by atoms with E-state index in [1.165, 1.54) is 0 Å². The Morgan fingerprint density at radius 2 is 1.90 bits per heavy atom. The third-order valence-electron chi connectivity index (χ3n) is 4.39. The normalized spacial score (nSPS) is 22.2. The van der Waals surface area contributed by atoms with Crippen molar-refractivity contribution in [3.05, 3.63) is 0 Å². The summed E-state index contributed by atoms with van der Waals surface area (Å²) in [5, 5.41) is 3.31. The lowest BCUT2D eigenvalue weighted by Crippen LogP contribution is -2.55. The van der Waals surface area contributed by atoms with Gasteiger partial charge in [-0.1, -0.05) is 0 Å². The highest BCUT2D eigenvalue weighted by atomic mass is 16.2. The number of carbonyl (C=O) groups excluding carboxylic acids is 2. The summed E-state index contributed by atoms with van der Waals surface area (Å²) in [4.78, 5) is 27.8. The minimum Gasteiger partial charge on any atom is -0.369 e. The molecule has 6 heteroatoms. The Bertz CT molecular complexity index is 349. The molecular weight excluding hydrogens is 256 g/mol. The molecule has 0 aliphatic carbocycles. The van der Waals surface area contributed by atoms with Gasteiger partial charge in [-0.2, -0.15) is 0 Å². The SMILES string of the molecule is CC(C(=O)N1CCCC1)N(CC(N)=O)C1CCNCC1. The summed E-state index contributed by atoms with van der Waals surface area (Å²) in [7, 11) is 0. The number of nitrogens with one attached hydrogen (secondary N) is 1. The Kier molecular flexibility index (Phi) is 5.37. The summed E-state index contributed by atoms with van der Waals surface area (Å²) in [6.07, 6.45) is 4.10. The van der Waals surface area contributed by atoms with Gasteiger partial charge in [0.2, 0.25) is 11.8 Å². The number of rotatable bonds is 5. The van der Waals surface area contributed by atoms with Crippen molar-refractivity contribution in [1.29, 1.82) is 0 Å². The van der Waals surface area contributed by atoms with Gasteiger partial charge in [0.05, 0.1) is 12.6 Å². The maximum absolute atomic E-state index is 12.5. The molecule has 2 saturated heterocycles. The Balaban J connectivity index is 2.03. The fourth-order valence-corrected chi connectivity index (χ4v) is 3.24. The molecule has 0 spiro atoms. The zero-order valence-corrected chi connectivity index (χ0v) is 12.3. The molecule has 0 bridgehead atoms. The molecule has 2 amide bonds. The molecule has 2 fully saturated rings. The lowest BCUT2D eigenvalue weighted by Gasteiger charge is -2.38. The molecule has 1 unspecified atom stereocenters. The lowest BCUT2D eigenvalue weighted by molar-refractivity contribution is -0.137. The smallest absolute Gasteiger partial charge is 0.239 e. The van der Waals surface area contributed by atoms with Gasteiger partial charge in [0, 0.05) is 19.1 Å². The maximum atomic E-state index is 12.5. The minimum absolute atomic E-state index is 0.141. The van der Waals surface area contributed by atoms with E-state index in [0.29, 0.717) is 0 Å². The van der Waals surface area contributed by atoms with Gasteiger partial charge in [0.25, 0.3) is 0 Å². The van der Waals surface area contributed by atoms with Gasteiger partial charge in [-0.3, -0.25) is 14.5 Å². The first-order valence-electron chi connectivity index (χ1n) is 7.63. The van der Waals surface area contributed by atoms with E-state index >= 15 is 0 Å². The molecule has 2 rings (SSSR count). The molecule has 0 aromatic carbocycles. The topological polar surface area (TPSA) is 78.7 Å². The molecular formula is C14H26N4O2. The number of primary amides is 1. The molecule has 0 radical (unpaired) electrons. The van der Waals surface area contributed by atoms with Crippen LogP contribution in [0.2, 0.25) is 0 Å². The van der Waals surface area contributed by atoms with E-state index in [9.17, 15) is 9.59 Å². The van der Waals surface area contributed by atoms with Gasteiger partial charge in [0.1, 0.15) is 0 Å². The second-order valence-corrected chi connectivity index (χ2v) is 5.83. The van der Waals surface area contributed by atoms with Crippen molar-refractivity contribution in [3.8, 4) is 0 Å². The van der Waals surface area contributed by atoms with E-state index in [-0.39, 0.29) is 30.4 Å². The van der Waals surface area contributed by atoms with Crippen molar-refractivity contribution in [2.45, 2.75) is 44.7 Å². The van der Waals surface area contributed by atoms with Crippen molar-refractivity contribution in [2.75, 3.05) is 32.7 Å². The van der Waals surface area contributed by atoms with Gasteiger partial charge in [-0.25, -0.2) is 0 Å². The fraction of sp³-hybridized carbons (Fsp3) is 0.857. The second kappa shape index (κ2) is 7.04. The molecule has 6 nitrogen and oxygen atoms in total. The lowest BCUT2D eigenvalue weighted by atomic mass is 10.0. The molecule has 0 aromatic rings. The largest absolute Gasteiger partial charge is 0.369 e. The summed E-state index contributed by atoms with van der Waals surface area (Å²) in [6.45, 7) is 5.64. The number of nitrogens with two attached hydrogens (primary N) is 1. The first-order valence-corrected chi connectivity index (χ1v) is 7.63. The molecule has 114 valence electrons. The van der Waals surface area contributed by atoms with Crippen LogP contribution in [-0.2, 0) is 9.59 Å². The number of hydrogen-bond acceptors (Lipinski definition) is 4. The molecule has 2 aliphatic heterocycles. The third kappa shape index (κ3) is 3.70. The van der Waals surface area contributed by atoms with E-state index in [1.54, 1.807) is 0 Å². The molecule has 3 N–H and O–H groups in total. The summed E-state index contributed by atoms with van der Waals surface area (Å²) in [6, 6.07) is 0.00834. The van der Waals surface area contributed by atoms with Crippen molar-refractivity contribution in [3.63, 3.8) is 0 Å². The second-order valence-electron chi connectivity index (χ2n) is 5.83. The predicted molar refractivity (Wildman–Crippen MR) is 77.1 cm³/mol. The van der Waals surface area contributed by atoms with Gasteiger partial charge in [-0.15, -0.1) is 0 Å². The fourth-order valence-electron chi connectivity index (χ4n) is 3.24. The molecule has 2 aliphatic rings. The number of nitrogens with zero attached hydrogens (tertiary/aromatic N) is 2. The number of hydrogen-bond donors (Lipinski definition) is 2. The minimum atomic E-state index is -0.357. The van der Waals surface area contributed by atoms with Crippen LogP contribution in [0.15, 0.2) is 0 Å². The van der Waals surface area contributed by atoms with E-state index in [2.05, 4.69) is 5.32 Å². The van der Waals surface area contributed by atoms with Crippen molar-refractivity contribution < 1.29 is 9.59 Å². The number of likely N-dealkylation sites (tertiary alicyclic amines) is 1. The van der Waals surface area contributed by atoms with E-state index < -0.39 is 0 Å². The Labute approximate surface area is 120 Å². The van der Waals surface area contributed by atoms with Crippen LogP contribution in [0.3, 0.4) is 0 Å². The van der Waals surface area contributed by atoms with Gasteiger partial charge in [0.15, 0.2) is 0 Å². The zero-order chi connectivity index (χ0) is 14.5. The molecule has 0 saturated carbocycles. The maximum Gasteiger partial charge on any atom is 0.239 e. The van der Waals surface area contributed by atoms with E-state index in [1.807, 2.05) is 16.7 Å².